The molecule has 0 fully saturated rings. The second kappa shape index (κ2) is 5.92. The molecule has 0 bridgehead atoms. The predicted octanol–water partition coefficient (Wildman–Crippen LogP) is 3.97. The van der Waals surface area contributed by atoms with Crippen molar-refractivity contribution < 1.29 is 8.76 Å². The van der Waals surface area contributed by atoms with Crippen molar-refractivity contribution in [1.29, 1.82) is 0 Å². The Morgan fingerprint density at radius 1 is 1.19 bits per heavy atom. The van der Waals surface area contributed by atoms with Crippen LogP contribution in [0.1, 0.15) is 18.1 Å². The minimum absolute atomic E-state index is 0.173. The maximum Gasteiger partial charge on any atom is 0.157 e. The van der Waals surface area contributed by atoms with E-state index in [9.17, 15) is 4.21 Å². The van der Waals surface area contributed by atoms with Crippen LogP contribution in [0, 0.1) is 5.92 Å². The molecule has 108 valence electrons. The van der Waals surface area contributed by atoms with E-state index in [1.165, 1.54) is 5.56 Å². The van der Waals surface area contributed by atoms with Crippen molar-refractivity contribution in [2.75, 3.05) is 0 Å². The molecule has 4 heteroatoms. The summed E-state index contributed by atoms with van der Waals surface area (Å²) in [6.45, 7) is 2.17. The van der Waals surface area contributed by atoms with E-state index in [1.54, 1.807) is 0 Å². The third kappa shape index (κ3) is 3.28. The molecule has 1 heterocycles. The van der Waals surface area contributed by atoms with Crippen molar-refractivity contribution in [2.24, 2.45) is 10.9 Å². The Hall–Kier alpha value is -1.78. The smallest absolute Gasteiger partial charge is 0.157 e. The van der Waals surface area contributed by atoms with E-state index in [-0.39, 0.29) is 5.75 Å². The van der Waals surface area contributed by atoms with Gasteiger partial charge in [0.2, 0.25) is 0 Å². The van der Waals surface area contributed by atoms with Crippen molar-refractivity contribution in [3.05, 3.63) is 53.6 Å². The molecule has 0 amide bonds. The largest absolute Gasteiger partial charge is 0.306 e. The van der Waals surface area contributed by atoms with Crippen molar-refractivity contribution in [3.63, 3.8) is 0 Å². The SMILES string of the molecule is CC1C=Nc2cc(-c3ccc(CS(=O)O)cc3)ccc2C1. The van der Waals surface area contributed by atoms with Gasteiger partial charge in [-0.25, -0.2) is 4.21 Å². The lowest BCUT2D eigenvalue weighted by Crippen LogP contribution is -2.05. The zero-order valence-corrected chi connectivity index (χ0v) is 12.6. The molecule has 1 aliphatic rings. The van der Waals surface area contributed by atoms with Crippen LogP contribution in [-0.2, 0) is 23.3 Å². The molecule has 2 atom stereocenters. The van der Waals surface area contributed by atoms with Gasteiger partial charge in [0.05, 0.1) is 11.4 Å². The fourth-order valence-corrected chi connectivity index (χ4v) is 3.06. The van der Waals surface area contributed by atoms with Gasteiger partial charge >= 0.3 is 0 Å². The third-order valence-electron chi connectivity index (χ3n) is 3.67. The summed E-state index contributed by atoms with van der Waals surface area (Å²) in [5.41, 5.74) is 5.42. The summed E-state index contributed by atoms with van der Waals surface area (Å²) >= 11 is -1.79. The fourth-order valence-electron chi connectivity index (χ4n) is 2.58. The molecule has 2 unspecified atom stereocenters. The number of nitrogens with zero attached hydrogens (tertiary/aromatic N) is 1. The van der Waals surface area contributed by atoms with Crippen molar-refractivity contribution in [3.8, 4) is 11.1 Å². The highest BCUT2D eigenvalue weighted by atomic mass is 32.2. The monoisotopic (exact) mass is 299 g/mol. The van der Waals surface area contributed by atoms with Crippen LogP contribution in [0.2, 0.25) is 0 Å². The second-order valence-electron chi connectivity index (χ2n) is 5.47. The third-order valence-corrected chi connectivity index (χ3v) is 4.25. The highest BCUT2D eigenvalue weighted by molar-refractivity contribution is 7.78. The molecule has 0 radical (unpaired) electrons. The first-order valence-corrected chi connectivity index (χ1v) is 8.23. The fraction of sp³-hybridized carbons (Fsp3) is 0.235. The maximum atomic E-state index is 10.8. The lowest BCUT2D eigenvalue weighted by atomic mass is 9.94. The number of rotatable bonds is 3. The zero-order valence-electron chi connectivity index (χ0n) is 11.8. The Morgan fingerprint density at radius 2 is 1.90 bits per heavy atom. The molecule has 21 heavy (non-hydrogen) atoms. The zero-order chi connectivity index (χ0) is 14.8. The van der Waals surface area contributed by atoms with Crippen LogP contribution in [0.5, 0.6) is 0 Å². The minimum Gasteiger partial charge on any atom is -0.306 e. The molecule has 3 rings (SSSR count). The van der Waals surface area contributed by atoms with Crippen LogP contribution in [-0.4, -0.2) is 15.0 Å². The molecule has 0 saturated carbocycles. The molecule has 0 saturated heterocycles. The van der Waals surface area contributed by atoms with Crippen LogP contribution < -0.4 is 0 Å². The molecule has 2 aromatic rings. The number of hydrogen-bond donors (Lipinski definition) is 1. The summed E-state index contributed by atoms with van der Waals surface area (Å²) in [5.74, 6) is 0.675. The van der Waals surface area contributed by atoms with Gasteiger partial charge in [-0.1, -0.05) is 43.3 Å². The molecular weight excluding hydrogens is 282 g/mol. The van der Waals surface area contributed by atoms with Crippen molar-refractivity contribution in [2.45, 2.75) is 19.1 Å². The summed E-state index contributed by atoms with van der Waals surface area (Å²) in [7, 11) is 0. The highest BCUT2D eigenvalue weighted by Gasteiger charge is 2.12. The average molecular weight is 299 g/mol. The van der Waals surface area contributed by atoms with Gasteiger partial charge in [0.1, 0.15) is 0 Å². The van der Waals surface area contributed by atoms with Gasteiger partial charge in [-0.15, -0.1) is 0 Å². The summed E-state index contributed by atoms with van der Waals surface area (Å²) in [5, 5.41) is 0. The van der Waals surface area contributed by atoms with Gasteiger partial charge in [-0.2, -0.15) is 0 Å². The quantitative estimate of drug-likeness (QED) is 0.872. The molecule has 1 N–H and O–H groups in total. The first-order valence-electron chi connectivity index (χ1n) is 6.96. The Labute approximate surface area is 127 Å². The number of aliphatic imine (C=N–C) groups is 1. The molecule has 2 aromatic carbocycles. The standard InChI is InChI=1S/C17H17NO2S/c1-12-8-16-7-6-15(9-17(16)18-10-12)14-4-2-13(3-5-14)11-21(19)20/h2-7,9-10,12H,8,11H2,1H3,(H,19,20). The van der Waals surface area contributed by atoms with Crippen LogP contribution in [0.4, 0.5) is 5.69 Å². The average Bonchev–Trinajstić information content (AvgIpc) is 2.47. The molecule has 0 aliphatic carbocycles. The normalized spacial score (nSPS) is 18.3. The maximum absolute atomic E-state index is 10.8. The summed E-state index contributed by atoms with van der Waals surface area (Å²) in [4.78, 5) is 4.52. The number of fused-ring (bicyclic) bond motifs is 1. The lowest BCUT2D eigenvalue weighted by Gasteiger charge is -2.15. The van der Waals surface area contributed by atoms with Gasteiger partial charge in [0.15, 0.2) is 11.1 Å². The van der Waals surface area contributed by atoms with Crippen LogP contribution in [0.25, 0.3) is 11.1 Å². The van der Waals surface area contributed by atoms with Gasteiger partial charge in [0.25, 0.3) is 0 Å². The van der Waals surface area contributed by atoms with Gasteiger partial charge in [-0.05, 0) is 40.7 Å². The Morgan fingerprint density at radius 3 is 2.62 bits per heavy atom. The first kappa shape index (κ1) is 14.2. The van der Waals surface area contributed by atoms with E-state index < -0.39 is 11.1 Å². The first-order chi connectivity index (χ1) is 10.1. The van der Waals surface area contributed by atoms with Crippen molar-refractivity contribution >= 4 is 23.0 Å². The Balaban J connectivity index is 1.88. The van der Waals surface area contributed by atoms with Crippen LogP contribution in [0.15, 0.2) is 47.5 Å². The number of benzene rings is 2. The molecule has 1 aliphatic heterocycles. The minimum atomic E-state index is -1.79. The molecule has 0 spiro atoms. The summed E-state index contributed by atoms with van der Waals surface area (Å²) < 4.78 is 19.7. The summed E-state index contributed by atoms with van der Waals surface area (Å²) in [6, 6.07) is 14.1. The van der Waals surface area contributed by atoms with E-state index in [1.807, 2.05) is 30.5 Å². The van der Waals surface area contributed by atoms with Gasteiger partial charge < -0.3 is 4.55 Å². The highest BCUT2D eigenvalue weighted by Crippen LogP contribution is 2.31. The van der Waals surface area contributed by atoms with E-state index in [4.69, 9.17) is 4.55 Å². The van der Waals surface area contributed by atoms with E-state index in [2.05, 4.69) is 30.1 Å². The van der Waals surface area contributed by atoms with E-state index >= 15 is 0 Å². The van der Waals surface area contributed by atoms with Gasteiger partial charge in [-0.3, -0.25) is 4.99 Å². The van der Waals surface area contributed by atoms with Crippen LogP contribution >= 0.6 is 0 Å². The Bertz CT molecular complexity index is 707. The Kier molecular flexibility index (Phi) is 3.99. The van der Waals surface area contributed by atoms with Crippen LogP contribution in [0.3, 0.4) is 0 Å². The molecule has 0 aromatic heterocycles. The van der Waals surface area contributed by atoms with Gasteiger partial charge in [0, 0.05) is 6.21 Å². The molecular formula is C17H17NO2S. The second-order valence-corrected chi connectivity index (χ2v) is 6.40. The lowest BCUT2D eigenvalue weighted by molar-refractivity contribution is 0.563. The summed E-state index contributed by atoms with van der Waals surface area (Å²) in [6.07, 6.45) is 3.05. The van der Waals surface area contributed by atoms with E-state index in [0.29, 0.717) is 5.92 Å². The predicted molar refractivity (Wildman–Crippen MR) is 87.4 cm³/mol. The topological polar surface area (TPSA) is 49.7 Å². The number of hydrogen-bond acceptors (Lipinski definition) is 2. The molecule has 3 nitrogen and oxygen atoms in total. The van der Waals surface area contributed by atoms with Crippen molar-refractivity contribution in [1.82, 2.24) is 0 Å². The van der Waals surface area contributed by atoms with E-state index in [0.717, 1.165) is 28.8 Å².